The number of hydrogen-bond donors (Lipinski definition) is 2. The number of halogens is 2. The summed E-state index contributed by atoms with van der Waals surface area (Å²) in [6.45, 7) is -0.0546. The molecule has 0 aliphatic rings. The van der Waals surface area contributed by atoms with Gasteiger partial charge in [0.1, 0.15) is 12.3 Å². The van der Waals surface area contributed by atoms with E-state index in [1.165, 1.54) is 18.3 Å². The second kappa shape index (κ2) is 8.18. The van der Waals surface area contributed by atoms with Crippen molar-refractivity contribution in [3.05, 3.63) is 86.5 Å². The first-order valence-corrected chi connectivity index (χ1v) is 9.71. The highest BCUT2D eigenvalue weighted by molar-refractivity contribution is 6.36. The number of carbonyl (C=O) groups is 1. The summed E-state index contributed by atoms with van der Waals surface area (Å²) in [4.78, 5) is 25.3. The fraction of sp³-hybridized carbons (Fsp3) is 0.0455. The number of fused-ring (bicyclic) bond motifs is 2. The Balaban J connectivity index is 1.65. The number of phenolic OH excluding ortho intramolecular Hbond substituents is 1. The van der Waals surface area contributed by atoms with Crippen molar-refractivity contribution >= 4 is 57.1 Å². The first-order chi connectivity index (χ1) is 14.5. The zero-order valence-corrected chi connectivity index (χ0v) is 17.0. The number of pyridine rings is 1. The zero-order chi connectivity index (χ0) is 21.3. The van der Waals surface area contributed by atoms with E-state index in [9.17, 15) is 14.7 Å². The number of rotatable bonds is 4. The standard InChI is InChI=1S/C22H15Cl2N3O3/c23-14-9-13(21(29)17(24)10-14)11-25-26-20(28)12-27-18-7-3-1-5-15(18)22(30)16-6-2-4-8-19(16)27/h1-11,29H,12H2,(H,26,28)/b25-11-. The fourth-order valence-corrected chi connectivity index (χ4v) is 3.79. The number of amides is 1. The Morgan fingerprint density at radius 3 is 2.27 bits per heavy atom. The third kappa shape index (κ3) is 3.75. The topological polar surface area (TPSA) is 83.7 Å². The van der Waals surface area contributed by atoms with Gasteiger partial charge in [-0.05, 0) is 36.4 Å². The van der Waals surface area contributed by atoms with Crippen molar-refractivity contribution in [3.8, 4) is 5.75 Å². The molecule has 1 amide bonds. The summed E-state index contributed by atoms with van der Waals surface area (Å²) in [6, 6.07) is 17.2. The fourth-order valence-electron chi connectivity index (χ4n) is 3.28. The molecule has 1 aromatic heterocycles. The summed E-state index contributed by atoms with van der Waals surface area (Å²) < 4.78 is 1.77. The largest absolute Gasteiger partial charge is 0.506 e. The van der Waals surface area contributed by atoms with Crippen LogP contribution in [0.4, 0.5) is 0 Å². The van der Waals surface area contributed by atoms with E-state index in [4.69, 9.17) is 23.2 Å². The van der Waals surface area contributed by atoms with Gasteiger partial charge in [0.05, 0.1) is 22.3 Å². The van der Waals surface area contributed by atoms with Crippen molar-refractivity contribution in [1.82, 2.24) is 9.99 Å². The summed E-state index contributed by atoms with van der Waals surface area (Å²) in [5.41, 5.74) is 3.92. The van der Waals surface area contributed by atoms with Crippen LogP contribution in [-0.4, -0.2) is 21.8 Å². The van der Waals surface area contributed by atoms with Crippen LogP contribution in [0.2, 0.25) is 10.0 Å². The van der Waals surface area contributed by atoms with Gasteiger partial charge in [0.25, 0.3) is 5.91 Å². The van der Waals surface area contributed by atoms with E-state index in [0.717, 1.165) is 0 Å². The molecule has 150 valence electrons. The van der Waals surface area contributed by atoms with Gasteiger partial charge in [0.15, 0.2) is 5.43 Å². The monoisotopic (exact) mass is 439 g/mol. The third-order valence-corrected chi connectivity index (χ3v) is 5.14. The number of benzene rings is 3. The smallest absolute Gasteiger partial charge is 0.260 e. The van der Waals surface area contributed by atoms with E-state index < -0.39 is 5.91 Å². The normalized spacial score (nSPS) is 11.4. The van der Waals surface area contributed by atoms with Crippen LogP contribution in [0.15, 0.2) is 70.6 Å². The highest BCUT2D eigenvalue weighted by atomic mass is 35.5. The molecular weight excluding hydrogens is 425 g/mol. The first kappa shape index (κ1) is 19.9. The number of para-hydroxylation sites is 2. The maximum Gasteiger partial charge on any atom is 0.260 e. The Bertz CT molecular complexity index is 1320. The summed E-state index contributed by atoms with van der Waals surface area (Å²) >= 11 is 11.8. The molecule has 30 heavy (non-hydrogen) atoms. The second-order valence-corrected chi connectivity index (χ2v) is 7.41. The Hall–Kier alpha value is -3.35. The van der Waals surface area contributed by atoms with Crippen molar-refractivity contribution in [2.75, 3.05) is 0 Å². The third-order valence-electron chi connectivity index (χ3n) is 4.63. The molecule has 4 aromatic rings. The Labute approximate surface area is 181 Å². The van der Waals surface area contributed by atoms with Crippen LogP contribution in [0.3, 0.4) is 0 Å². The zero-order valence-electron chi connectivity index (χ0n) is 15.5. The number of phenols is 1. The lowest BCUT2D eigenvalue weighted by molar-refractivity contribution is -0.121. The van der Waals surface area contributed by atoms with Gasteiger partial charge in [-0.3, -0.25) is 9.59 Å². The van der Waals surface area contributed by atoms with Crippen molar-refractivity contribution < 1.29 is 9.90 Å². The van der Waals surface area contributed by atoms with Crippen LogP contribution in [0.25, 0.3) is 21.8 Å². The molecule has 3 aromatic carbocycles. The Morgan fingerprint density at radius 1 is 1.03 bits per heavy atom. The Kier molecular flexibility index (Phi) is 5.44. The molecule has 0 aliphatic carbocycles. The van der Waals surface area contributed by atoms with Crippen LogP contribution in [0.1, 0.15) is 5.56 Å². The molecule has 6 nitrogen and oxygen atoms in total. The number of nitrogens with one attached hydrogen (secondary N) is 1. The van der Waals surface area contributed by atoms with Gasteiger partial charge >= 0.3 is 0 Å². The summed E-state index contributed by atoms with van der Waals surface area (Å²) in [5.74, 6) is -0.589. The van der Waals surface area contributed by atoms with Gasteiger partial charge in [0.2, 0.25) is 0 Å². The number of aromatic nitrogens is 1. The molecule has 0 aliphatic heterocycles. The summed E-state index contributed by atoms with van der Waals surface area (Å²) in [5, 5.41) is 15.3. The van der Waals surface area contributed by atoms with Crippen molar-refractivity contribution in [2.45, 2.75) is 6.54 Å². The number of carbonyl (C=O) groups excluding carboxylic acids is 1. The molecule has 0 saturated carbocycles. The molecule has 0 bridgehead atoms. The Morgan fingerprint density at radius 2 is 1.63 bits per heavy atom. The minimum Gasteiger partial charge on any atom is -0.506 e. The minimum atomic E-state index is -0.405. The molecule has 0 unspecified atom stereocenters. The molecule has 0 atom stereocenters. The maximum absolute atomic E-state index is 12.8. The van der Waals surface area contributed by atoms with E-state index in [1.807, 2.05) is 12.1 Å². The molecule has 0 saturated heterocycles. The average Bonchev–Trinajstić information content (AvgIpc) is 2.74. The molecule has 1 heterocycles. The van der Waals surface area contributed by atoms with Gasteiger partial charge in [-0.15, -0.1) is 0 Å². The van der Waals surface area contributed by atoms with Gasteiger partial charge in [-0.2, -0.15) is 5.10 Å². The predicted molar refractivity (Wildman–Crippen MR) is 120 cm³/mol. The first-order valence-electron chi connectivity index (χ1n) is 8.96. The lowest BCUT2D eigenvalue weighted by Gasteiger charge is -2.14. The lowest BCUT2D eigenvalue weighted by Crippen LogP contribution is -2.25. The van der Waals surface area contributed by atoms with Crippen molar-refractivity contribution in [3.63, 3.8) is 0 Å². The average molecular weight is 440 g/mol. The molecule has 8 heteroatoms. The second-order valence-electron chi connectivity index (χ2n) is 6.57. The van der Waals surface area contributed by atoms with E-state index in [1.54, 1.807) is 41.0 Å². The molecule has 0 spiro atoms. The number of hydrogen-bond acceptors (Lipinski definition) is 4. The van der Waals surface area contributed by atoms with Gasteiger partial charge < -0.3 is 9.67 Å². The minimum absolute atomic E-state index is 0.0546. The van der Waals surface area contributed by atoms with E-state index in [0.29, 0.717) is 26.8 Å². The van der Waals surface area contributed by atoms with Crippen molar-refractivity contribution in [2.24, 2.45) is 5.10 Å². The number of nitrogens with zero attached hydrogens (tertiary/aromatic N) is 2. The quantitative estimate of drug-likeness (QED) is 0.282. The molecule has 0 fully saturated rings. The molecule has 4 rings (SSSR count). The van der Waals surface area contributed by atoms with Crippen molar-refractivity contribution in [1.29, 1.82) is 0 Å². The van der Waals surface area contributed by atoms with E-state index in [2.05, 4.69) is 10.5 Å². The highest BCUT2D eigenvalue weighted by Gasteiger charge is 2.12. The van der Waals surface area contributed by atoms with Gasteiger partial charge in [-0.1, -0.05) is 47.5 Å². The summed E-state index contributed by atoms with van der Waals surface area (Å²) in [7, 11) is 0. The van der Waals surface area contributed by atoms with Crippen LogP contribution >= 0.6 is 23.2 Å². The van der Waals surface area contributed by atoms with Crippen LogP contribution in [0.5, 0.6) is 5.75 Å². The van der Waals surface area contributed by atoms with Crippen LogP contribution < -0.4 is 10.9 Å². The van der Waals surface area contributed by atoms with Crippen LogP contribution in [0, 0.1) is 0 Å². The highest BCUT2D eigenvalue weighted by Crippen LogP contribution is 2.29. The molecule has 2 N–H and O–H groups in total. The van der Waals surface area contributed by atoms with E-state index in [-0.39, 0.29) is 28.3 Å². The molecule has 0 radical (unpaired) electrons. The lowest BCUT2D eigenvalue weighted by atomic mass is 10.1. The predicted octanol–water partition coefficient (Wildman–Crippen LogP) is 4.32. The van der Waals surface area contributed by atoms with Gasteiger partial charge in [-0.25, -0.2) is 5.43 Å². The number of aromatic hydroxyl groups is 1. The van der Waals surface area contributed by atoms with Crippen LogP contribution in [-0.2, 0) is 11.3 Å². The maximum atomic E-state index is 12.8. The molecular formula is C22H15Cl2N3O3. The SMILES string of the molecule is O=C(Cn1c2ccccc2c(=O)c2ccccc21)N/N=C\c1cc(Cl)cc(Cl)c1O. The summed E-state index contributed by atoms with van der Waals surface area (Å²) in [6.07, 6.45) is 1.26. The van der Waals surface area contributed by atoms with E-state index >= 15 is 0 Å². The number of hydrazone groups is 1. The van der Waals surface area contributed by atoms with Gasteiger partial charge in [0, 0.05) is 21.4 Å².